The first-order chi connectivity index (χ1) is 10.7. The minimum absolute atomic E-state index is 0.0533. The maximum absolute atomic E-state index is 12.1. The van der Waals surface area contributed by atoms with Crippen LogP contribution in [0, 0.1) is 0 Å². The summed E-state index contributed by atoms with van der Waals surface area (Å²) in [4.78, 5) is 12.1. The molecule has 0 saturated heterocycles. The second-order valence-electron chi connectivity index (χ2n) is 5.12. The van der Waals surface area contributed by atoms with Crippen LogP contribution in [0.15, 0.2) is 54.6 Å². The number of carbonyl (C=O) groups excluding carboxylic acids is 1. The van der Waals surface area contributed by atoms with Crippen LogP contribution in [0.5, 0.6) is 0 Å². The van der Waals surface area contributed by atoms with E-state index in [9.17, 15) is 4.79 Å². The van der Waals surface area contributed by atoms with Crippen molar-refractivity contribution in [3.8, 4) is 0 Å². The lowest BCUT2D eigenvalue weighted by atomic mass is 10.1. The largest absolute Gasteiger partial charge is 0.354 e. The third kappa shape index (κ3) is 3.32. The Bertz CT molecular complexity index is 770. The molecule has 0 spiro atoms. The van der Waals surface area contributed by atoms with Crippen LogP contribution in [0.4, 0.5) is 0 Å². The summed E-state index contributed by atoms with van der Waals surface area (Å²) < 4.78 is 5.47. The Hall–Kier alpha value is -2.24. The van der Waals surface area contributed by atoms with Gasteiger partial charge in [0.25, 0.3) is 0 Å². The van der Waals surface area contributed by atoms with Crippen molar-refractivity contribution in [1.82, 2.24) is 9.69 Å². The van der Waals surface area contributed by atoms with Gasteiger partial charge in [-0.1, -0.05) is 48.5 Å². The Morgan fingerprint density at radius 2 is 1.86 bits per heavy atom. The van der Waals surface area contributed by atoms with Gasteiger partial charge in [-0.25, -0.2) is 0 Å². The molecule has 0 aliphatic rings. The molecule has 1 amide bonds. The van der Waals surface area contributed by atoms with Gasteiger partial charge in [-0.15, -0.1) is 0 Å². The van der Waals surface area contributed by atoms with Crippen molar-refractivity contribution in [3.63, 3.8) is 0 Å². The smallest absolute Gasteiger partial charge is 0.226 e. The molecule has 1 aromatic heterocycles. The average molecular weight is 311 g/mol. The number of nitrogens with one attached hydrogen (secondary N) is 1. The molecule has 1 atom stereocenters. The molecule has 0 aliphatic carbocycles. The first-order valence-electron chi connectivity index (χ1n) is 7.14. The summed E-state index contributed by atoms with van der Waals surface area (Å²) in [7, 11) is 0. The van der Waals surface area contributed by atoms with Gasteiger partial charge in [-0.2, -0.15) is 4.37 Å². The molecular formula is C17H17N3OS. The van der Waals surface area contributed by atoms with E-state index in [-0.39, 0.29) is 18.4 Å². The summed E-state index contributed by atoms with van der Waals surface area (Å²) in [5.74, 6) is -0.0533. The number of hydrogen-bond acceptors (Lipinski definition) is 4. The molecule has 0 aliphatic heterocycles. The lowest BCUT2D eigenvalue weighted by Crippen LogP contribution is -2.32. The highest BCUT2D eigenvalue weighted by atomic mass is 32.1. The fraction of sp³-hybridized carbons (Fsp3) is 0.176. The van der Waals surface area contributed by atoms with E-state index in [0.29, 0.717) is 6.54 Å². The van der Waals surface area contributed by atoms with E-state index in [0.717, 1.165) is 21.3 Å². The van der Waals surface area contributed by atoms with Gasteiger partial charge in [0.1, 0.15) is 0 Å². The predicted octanol–water partition coefficient (Wildman–Crippen LogP) is 2.66. The lowest BCUT2D eigenvalue weighted by Gasteiger charge is -2.12. The Morgan fingerprint density at radius 3 is 2.68 bits per heavy atom. The molecule has 1 heterocycles. The third-order valence-corrected chi connectivity index (χ3v) is 4.39. The number of nitrogens with zero attached hydrogens (tertiary/aromatic N) is 1. The number of benzene rings is 2. The summed E-state index contributed by atoms with van der Waals surface area (Å²) in [5, 5.41) is 3.94. The Morgan fingerprint density at radius 1 is 1.14 bits per heavy atom. The van der Waals surface area contributed by atoms with Crippen LogP contribution in [-0.2, 0) is 11.2 Å². The van der Waals surface area contributed by atoms with Crippen LogP contribution in [0.3, 0.4) is 0 Å². The van der Waals surface area contributed by atoms with Gasteiger partial charge < -0.3 is 11.1 Å². The van der Waals surface area contributed by atoms with Gasteiger partial charge >= 0.3 is 0 Å². The van der Waals surface area contributed by atoms with Gasteiger partial charge in [-0.3, -0.25) is 4.79 Å². The van der Waals surface area contributed by atoms with Crippen molar-refractivity contribution in [2.24, 2.45) is 5.73 Å². The fourth-order valence-electron chi connectivity index (χ4n) is 2.32. The van der Waals surface area contributed by atoms with E-state index in [1.165, 1.54) is 11.5 Å². The molecule has 112 valence electrons. The van der Waals surface area contributed by atoms with Crippen LogP contribution in [0.25, 0.3) is 10.1 Å². The maximum Gasteiger partial charge on any atom is 0.226 e. The molecule has 0 radical (unpaired) electrons. The van der Waals surface area contributed by atoms with E-state index in [1.54, 1.807) is 0 Å². The molecule has 4 nitrogen and oxygen atoms in total. The molecule has 0 bridgehead atoms. The zero-order chi connectivity index (χ0) is 15.4. The van der Waals surface area contributed by atoms with Crippen molar-refractivity contribution >= 4 is 27.5 Å². The SMILES string of the molecule is NC(CNC(=O)Cc1nsc2ccccc12)c1ccccc1. The number of hydrogen-bond donors (Lipinski definition) is 2. The van der Waals surface area contributed by atoms with Crippen molar-refractivity contribution in [1.29, 1.82) is 0 Å². The van der Waals surface area contributed by atoms with Crippen molar-refractivity contribution < 1.29 is 4.79 Å². The first-order valence-corrected chi connectivity index (χ1v) is 7.92. The highest BCUT2D eigenvalue weighted by molar-refractivity contribution is 7.13. The Labute approximate surface area is 133 Å². The van der Waals surface area contributed by atoms with Crippen LogP contribution in [0.1, 0.15) is 17.3 Å². The molecule has 0 saturated carbocycles. The lowest BCUT2D eigenvalue weighted by molar-refractivity contribution is -0.120. The maximum atomic E-state index is 12.1. The molecule has 3 aromatic rings. The number of rotatable bonds is 5. The standard InChI is InChI=1S/C17H17N3OS/c18-14(12-6-2-1-3-7-12)11-19-17(21)10-15-13-8-4-5-9-16(13)22-20-15/h1-9,14H,10-11,18H2,(H,19,21). The normalized spacial score (nSPS) is 12.2. The second kappa shape index (κ2) is 6.68. The van der Waals surface area contributed by atoms with Crippen molar-refractivity contribution in [3.05, 3.63) is 65.9 Å². The number of aromatic nitrogens is 1. The Balaban J connectivity index is 1.59. The van der Waals surface area contributed by atoms with Crippen LogP contribution < -0.4 is 11.1 Å². The molecule has 2 aromatic carbocycles. The monoisotopic (exact) mass is 311 g/mol. The second-order valence-corrected chi connectivity index (χ2v) is 5.93. The molecule has 22 heavy (non-hydrogen) atoms. The average Bonchev–Trinajstić information content (AvgIpc) is 2.97. The van der Waals surface area contributed by atoms with Crippen molar-refractivity contribution in [2.75, 3.05) is 6.54 Å². The van der Waals surface area contributed by atoms with Crippen LogP contribution >= 0.6 is 11.5 Å². The van der Waals surface area contributed by atoms with Crippen LogP contribution in [0.2, 0.25) is 0 Å². The number of fused-ring (bicyclic) bond motifs is 1. The highest BCUT2D eigenvalue weighted by Crippen LogP contribution is 2.22. The first kappa shape index (κ1) is 14.7. The van der Waals surface area contributed by atoms with Gasteiger partial charge in [0.2, 0.25) is 5.91 Å². The minimum atomic E-state index is -0.197. The van der Waals surface area contributed by atoms with E-state index in [1.807, 2.05) is 54.6 Å². The quantitative estimate of drug-likeness (QED) is 0.761. The van der Waals surface area contributed by atoms with Gasteiger partial charge in [0.05, 0.1) is 16.8 Å². The highest BCUT2D eigenvalue weighted by Gasteiger charge is 2.12. The molecule has 0 fully saturated rings. The predicted molar refractivity (Wildman–Crippen MR) is 89.7 cm³/mol. The molecule has 3 rings (SSSR count). The molecule has 1 unspecified atom stereocenters. The van der Waals surface area contributed by atoms with Crippen molar-refractivity contribution in [2.45, 2.75) is 12.5 Å². The van der Waals surface area contributed by atoms with E-state index < -0.39 is 0 Å². The third-order valence-electron chi connectivity index (χ3n) is 3.53. The molecular weight excluding hydrogens is 294 g/mol. The fourth-order valence-corrected chi connectivity index (χ4v) is 3.12. The topological polar surface area (TPSA) is 68.0 Å². The van der Waals surface area contributed by atoms with Gasteiger partial charge in [0.15, 0.2) is 0 Å². The molecule has 5 heteroatoms. The number of carbonyl (C=O) groups is 1. The van der Waals surface area contributed by atoms with E-state index in [2.05, 4.69) is 9.69 Å². The van der Waals surface area contributed by atoms with Crippen LogP contribution in [-0.4, -0.2) is 16.8 Å². The van der Waals surface area contributed by atoms with Gasteiger partial charge in [-0.05, 0) is 23.2 Å². The summed E-state index contributed by atoms with van der Waals surface area (Å²) in [6.45, 7) is 0.422. The Kier molecular flexibility index (Phi) is 4.46. The number of amides is 1. The molecule has 3 N–H and O–H groups in total. The van der Waals surface area contributed by atoms with Gasteiger partial charge in [0, 0.05) is 18.0 Å². The van der Waals surface area contributed by atoms with E-state index >= 15 is 0 Å². The number of nitrogens with two attached hydrogens (primary N) is 1. The summed E-state index contributed by atoms with van der Waals surface area (Å²) in [6.07, 6.45) is 0.283. The zero-order valence-corrected chi connectivity index (χ0v) is 12.8. The van der Waals surface area contributed by atoms with E-state index in [4.69, 9.17) is 5.73 Å². The zero-order valence-electron chi connectivity index (χ0n) is 12.0. The summed E-state index contributed by atoms with van der Waals surface area (Å²) in [6, 6.07) is 17.5. The summed E-state index contributed by atoms with van der Waals surface area (Å²) >= 11 is 1.42. The minimum Gasteiger partial charge on any atom is -0.354 e. The summed E-state index contributed by atoms with van der Waals surface area (Å²) in [5.41, 5.74) is 7.92.